The first-order chi connectivity index (χ1) is 6.19. The molecule has 0 aromatic rings. The summed E-state index contributed by atoms with van der Waals surface area (Å²) in [7, 11) is 1.61. The monoisotopic (exact) mass is 185 g/mol. The van der Waals surface area contributed by atoms with E-state index in [4.69, 9.17) is 15.0 Å². The van der Waals surface area contributed by atoms with Crippen LogP contribution in [0, 0.1) is 0 Å². The Morgan fingerprint density at radius 3 is 2.77 bits per heavy atom. The van der Waals surface area contributed by atoms with E-state index < -0.39 is 0 Å². The Morgan fingerprint density at radius 1 is 1.54 bits per heavy atom. The summed E-state index contributed by atoms with van der Waals surface area (Å²) in [5.74, 6) is 0. The van der Waals surface area contributed by atoms with Gasteiger partial charge in [0.05, 0.1) is 24.4 Å². The fourth-order valence-electron chi connectivity index (χ4n) is 1.81. The largest absolute Gasteiger partial charge is 0.378 e. The molecule has 13 heavy (non-hydrogen) atoms. The molecule has 0 spiro atoms. The molecule has 0 radical (unpaired) electrons. The van der Waals surface area contributed by atoms with E-state index in [1.165, 1.54) is 0 Å². The molecule has 0 bridgehead atoms. The van der Waals surface area contributed by atoms with Crippen molar-refractivity contribution in [3.05, 3.63) is 10.4 Å². The fraction of sp³-hybridized carbons (Fsp3) is 1.00. The Morgan fingerprint density at radius 2 is 2.23 bits per heavy atom. The van der Waals surface area contributed by atoms with Gasteiger partial charge in [0, 0.05) is 12.0 Å². The molecule has 1 saturated heterocycles. The van der Waals surface area contributed by atoms with Gasteiger partial charge in [-0.15, -0.1) is 0 Å². The molecule has 0 aliphatic carbocycles. The van der Waals surface area contributed by atoms with Crippen molar-refractivity contribution in [1.82, 2.24) is 0 Å². The first kappa shape index (κ1) is 10.3. The molecule has 1 aliphatic heterocycles. The molecule has 1 aliphatic rings. The van der Waals surface area contributed by atoms with Crippen LogP contribution >= 0.6 is 0 Å². The highest BCUT2D eigenvalue weighted by Gasteiger charge is 2.34. The van der Waals surface area contributed by atoms with Crippen molar-refractivity contribution < 1.29 is 9.47 Å². The van der Waals surface area contributed by atoms with Crippen LogP contribution < -0.4 is 0 Å². The number of methoxy groups -OCH3 is 1. The highest BCUT2D eigenvalue weighted by Crippen LogP contribution is 2.24. The van der Waals surface area contributed by atoms with Crippen LogP contribution in [-0.4, -0.2) is 31.5 Å². The van der Waals surface area contributed by atoms with Crippen molar-refractivity contribution in [2.24, 2.45) is 5.11 Å². The lowest BCUT2D eigenvalue weighted by Crippen LogP contribution is -2.46. The average molecular weight is 185 g/mol. The molecule has 0 aromatic heterocycles. The third-order valence-corrected chi connectivity index (χ3v) is 2.33. The van der Waals surface area contributed by atoms with Crippen LogP contribution in [-0.2, 0) is 9.47 Å². The van der Waals surface area contributed by atoms with Crippen molar-refractivity contribution in [3.63, 3.8) is 0 Å². The highest BCUT2D eigenvalue weighted by molar-refractivity contribution is 4.88. The molecular formula is C8H15N3O2. The Hall–Kier alpha value is -0.770. The molecule has 0 amide bonds. The fourth-order valence-corrected chi connectivity index (χ4v) is 1.81. The second kappa shape index (κ2) is 4.46. The van der Waals surface area contributed by atoms with Gasteiger partial charge in [-0.2, -0.15) is 0 Å². The van der Waals surface area contributed by atoms with Crippen LogP contribution in [0.5, 0.6) is 0 Å². The zero-order chi connectivity index (χ0) is 9.84. The predicted octanol–water partition coefficient (Wildman–Crippen LogP) is 1.88. The van der Waals surface area contributed by atoms with Crippen LogP contribution in [0.3, 0.4) is 0 Å². The summed E-state index contributed by atoms with van der Waals surface area (Å²) in [6.07, 6.45) is 0.737. The van der Waals surface area contributed by atoms with Crippen LogP contribution in [0.1, 0.15) is 20.3 Å². The number of hydrogen-bond donors (Lipinski definition) is 0. The number of azide groups is 1. The molecule has 5 heteroatoms. The van der Waals surface area contributed by atoms with Gasteiger partial charge in [0.25, 0.3) is 0 Å². The van der Waals surface area contributed by atoms with E-state index in [2.05, 4.69) is 10.0 Å². The van der Waals surface area contributed by atoms with Crippen molar-refractivity contribution in [3.8, 4) is 0 Å². The molecule has 1 heterocycles. The van der Waals surface area contributed by atoms with Crippen molar-refractivity contribution in [2.75, 3.05) is 7.11 Å². The standard InChI is InChI=1S/C8H15N3O2/c1-5-4-7(10-11-9)8(12-3)6(2)13-5/h5-8H,4H2,1-3H3/t5-,6-,7?,8-/m0/s1. The predicted molar refractivity (Wildman–Crippen MR) is 48.4 cm³/mol. The third-order valence-electron chi connectivity index (χ3n) is 2.33. The Balaban J connectivity index is 2.71. The van der Waals surface area contributed by atoms with Crippen LogP contribution in [0.4, 0.5) is 0 Å². The minimum atomic E-state index is -0.118. The van der Waals surface area contributed by atoms with E-state index >= 15 is 0 Å². The van der Waals surface area contributed by atoms with Gasteiger partial charge in [-0.05, 0) is 25.8 Å². The molecule has 0 saturated carbocycles. The zero-order valence-electron chi connectivity index (χ0n) is 8.17. The minimum absolute atomic E-state index is 0.00995. The minimum Gasteiger partial charge on any atom is -0.378 e. The summed E-state index contributed by atoms with van der Waals surface area (Å²) >= 11 is 0. The number of nitrogens with zero attached hydrogens (tertiary/aromatic N) is 3. The normalized spacial score (nSPS) is 39.6. The highest BCUT2D eigenvalue weighted by atomic mass is 16.5. The Labute approximate surface area is 77.6 Å². The second-order valence-corrected chi connectivity index (χ2v) is 3.36. The molecule has 0 N–H and O–H groups in total. The van der Waals surface area contributed by atoms with E-state index in [1.54, 1.807) is 7.11 Å². The van der Waals surface area contributed by atoms with Crippen LogP contribution in [0.15, 0.2) is 5.11 Å². The van der Waals surface area contributed by atoms with Gasteiger partial charge in [-0.1, -0.05) is 5.11 Å². The SMILES string of the molecule is CO[C@@H]1C(N=[N+]=[N-])C[C@H](C)O[C@H]1C. The second-order valence-electron chi connectivity index (χ2n) is 3.36. The molecular weight excluding hydrogens is 170 g/mol. The topological polar surface area (TPSA) is 67.2 Å². The van der Waals surface area contributed by atoms with Crippen molar-refractivity contribution >= 4 is 0 Å². The lowest BCUT2D eigenvalue weighted by atomic mass is 9.97. The van der Waals surface area contributed by atoms with Gasteiger partial charge in [0.15, 0.2) is 0 Å². The summed E-state index contributed by atoms with van der Waals surface area (Å²) in [6, 6.07) is -0.103. The third kappa shape index (κ3) is 2.34. The maximum Gasteiger partial charge on any atom is 0.0915 e. The lowest BCUT2D eigenvalue weighted by molar-refractivity contribution is -0.123. The molecule has 0 aromatic carbocycles. The Bertz CT molecular complexity index is 215. The summed E-state index contributed by atoms with van der Waals surface area (Å²) in [6.45, 7) is 3.91. The summed E-state index contributed by atoms with van der Waals surface area (Å²) in [5.41, 5.74) is 8.37. The van der Waals surface area contributed by atoms with Crippen molar-refractivity contribution in [2.45, 2.75) is 44.6 Å². The molecule has 4 atom stereocenters. The average Bonchev–Trinajstić information content (AvgIpc) is 2.04. The van der Waals surface area contributed by atoms with Gasteiger partial charge in [0.2, 0.25) is 0 Å². The van der Waals surface area contributed by atoms with E-state index in [9.17, 15) is 0 Å². The van der Waals surface area contributed by atoms with Gasteiger partial charge in [-0.3, -0.25) is 0 Å². The molecule has 1 unspecified atom stereocenters. The van der Waals surface area contributed by atoms with Gasteiger partial charge < -0.3 is 9.47 Å². The van der Waals surface area contributed by atoms with E-state index in [0.717, 1.165) is 6.42 Å². The van der Waals surface area contributed by atoms with Gasteiger partial charge in [0.1, 0.15) is 0 Å². The van der Waals surface area contributed by atoms with E-state index in [0.29, 0.717) is 0 Å². The van der Waals surface area contributed by atoms with E-state index in [-0.39, 0.29) is 24.4 Å². The molecule has 1 rings (SSSR count). The Kier molecular flexibility index (Phi) is 3.54. The van der Waals surface area contributed by atoms with E-state index in [1.807, 2.05) is 13.8 Å². The summed E-state index contributed by atoms with van der Waals surface area (Å²) in [5, 5.41) is 3.71. The lowest BCUT2D eigenvalue weighted by Gasteiger charge is -2.36. The maximum atomic E-state index is 8.37. The number of ether oxygens (including phenoxy) is 2. The van der Waals surface area contributed by atoms with Crippen molar-refractivity contribution in [1.29, 1.82) is 0 Å². The molecule has 74 valence electrons. The van der Waals surface area contributed by atoms with Gasteiger partial charge in [-0.25, -0.2) is 0 Å². The van der Waals surface area contributed by atoms with Gasteiger partial charge >= 0.3 is 0 Å². The number of rotatable bonds is 2. The summed E-state index contributed by atoms with van der Waals surface area (Å²) in [4.78, 5) is 2.82. The van der Waals surface area contributed by atoms with Crippen LogP contribution in [0.25, 0.3) is 10.4 Å². The first-order valence-electron chi connectivity index (χ1n) is 4.41. The quantitative estimate of drug-likeness (QED) is 0.374. The first-order valence-corrected chi connectivity index (χ1v) is 4.41. The molecule has 5 nitrogen and oxygen atoms in total. The number of hydrogen-bond acceptors (Lipinski definition) is 3. The smallest absolute Gasteiger partial charge is 0.0915 e. The molecule has 1 fully saturated rings. The zero-order valence-corrected chi connectivity index (χ0v) is 8.17. The van der Waals surface area contributed by atoms with Crippen LogP contribution in [0.2, 0.25) is 0 Å². The maximum absolute atomic E-state index is 8.37. The summed E-state index contributed by atoms with van der Waals surface area (Å²) < 4.78 is 10.8.